The van der Waals surface area contributed by atoms with Crippen LogP contribution in [-0.4, -0.2) is 54.5 Å². The average Bonchev–Trinajstić information content (AvgIpc) is 3.50. The number of hydrogen-bond donors (Lipinski definition) is 1. The van der Waals surface area contributed by atoms with Crippen LogP contribution in [0.2, 0.25) is 0 Å². The Bertz CT molecular complexity index is 1180. The molecular formula is C28H31N3O4. The van der Waals surface area contributed by atoms with Gasteiger partial charge in [0.1, 0.15) is 17.0 Å². The molecule has 2 fully saturated rings. The van der Waals surface area contributed by atoms with Gasteiger partial charge in [-0.05, 0) is 67.2 Å². The number of ether oxygens (including phenoxy) is 1. The van der Waals surface area contributed by atoms with E-state index in [9.17, 15) is 9.59 Å². The third-order valence-electron chi connectivity index (χ3n) is 7.39. The molecule has 5 rings (SSSR count). The van der Waals surface area contributed by atoms with Gasteiger partial charge in [0, 0.05) is 25.6 Å². The number of rotatable bonds is 7. The predicted molar refractivity (Wildman–Crippen MR) is 133 cm³/mol. The van der Waals surface area contributed by atoms with Gasteiger partial charge in [-0.25, -0.2) is 4.79 Å². The molecule has 2 aliphatic heterocycles. The van der Waals surface area contributed by atoms with Crippen molar-refractivity contribution in [3.63, 3.8) is 0 Å². The first-order chi connectivity index (χ1) is 17.0. The minimum absolute atomic E-state index is 0.0627. The van der Waals surface area contributed by atoms with E-state index in [1.54, 1.807) is 20.4 Å². The van der Waals surface area contributed by atoms with Gasteiger partial charge in [0.2, 0.25) is 0 Å². The number of carbonyl (C=O) groups is 2. The van der Waals surface area contributed by atoms with Crippen LogP contribution < -0.4 is 10.1 Å². The van der Waals surface area contributed by atoms with Gasteiger partial charge in [0.25, 0.3) is 5.91 Å². The summed E-state index contributed by atoms with van der Waals surface area (Å²) in [6.45, 7) is 2.60. The van der Waals surface area contributed by atoms with E-state index in [1.165, 1.54) is 10.5 Å². The topological polar surface area (TPSA) is 75.0 Å². The number of carbonyl (C=O) groups excluding carboxylic acids is 2. The van der Waals surface area contributed by atoms with Crippen molar-refractivity contribution in [3.8, 4) is 17.1 Å². The van der Waals surface area contributed by atoms with Crippen molar-refractivity contribution in [2.75, 3.05) is 27.2 Å². The van der Waals surface area contributed by atoms with Crippen molar-refractivity contribution in [3.05, 3.63) is 78.1 Å². The van der Waals surface area contributed by atoms with E-state index in [4.69, 9.17) is 9.15 Å². The lowest BCUT2D eigenvalue weighted by atomic mass is 9.74. The summed E-state index contributed by atoms with van der Waals surface area (Å²) in [6.07, 6.45) is 3.82. The van der Waals surface area contributed by atoms with Crippen molar-refractivity contribution in [2.24, 2.45) is 5.92 Å². The molecule has 3 aromatic rings. The lowest BCUT2D eigenvalue weighted by Gasteiger charge is -2.41. The van der Waals surface area contributed by atoms with Crippen LogP contribution in [0.4, 0.5) is 4.79 Å². The number of likely N-dealkylation sites (N-methyl/N-ethyl adjacent to an activating group) is 1. The van der Waals surface area contributed by atoms with E-state index in [0.29, 0.717) is 6.42 Å². The molecule has 7 heteroatoms. The second kappa shape index (κ2) is 9.58. The van der Waals surface area contributed by atoms with E-state index < -0.39 is 5.54 Å². The summed E-state index contributed by atoms with van der Waals surface area (Å²) >= 11 is 0. The van der Waals surface area contributed by atoms with Gasteiger partial charge in [0.05, 0.1) is 13.4 Å². The molecule has 1 N–H and O–H groups in total. The molecule has 3 amide bonds. The molecule has 1 atom stereocenters. The zero-order valence-corrected chi connectivity index (χ0v) is 20.2. The van der Waals surface area contributed by atoms with E-state index in [0.717, 1.165) is 55.1 Å². The standard InChI is InChI=1S/C28H31N3O4/c1-30-26(32)28(29-27(30)33,18-21-5-3-6-24(17-21)34-2)23-12-14-31(15-13-23)19-20-8-10-22(11-9-20)25-7-4-16-35-25/h3-11,16-17,23H,12-15,18-19H2,1-2H3,(H,29,33). The van der Waals surface area contributed by atoms with Crippen molar-refractivity contribution < 1.29 is 18.7 Å². The number of nitrogens with one attached hydrogen (secondary N) is 1. The van der Waals surface area contributed by atoms with Gasteiger partial charge >= 0.3 is 6.03 Å². The Labute approximate surface area is 205 Å². The number of likely N-dealkylation sites (tertiary alicyclic amines) is 1. The number of piperidine rings is 1. The highest BCUT2D eigenvalue weighted by Gasteiger charge is 2.54. The van der Waals surface area contributed by atoms with Crippen LogP contribution in [0.3, 0.4) is 0 Å². The molecule has 2 aliphatic rings. The lowest BCUT2D eigenvalue weighted by Crippen LogP contribution is -2.57. The summed E-state index contributed by atoms with van der Waals surface area (Å²) < 4.78 is 10.9. The fourth-order valence-corrected chi connectivity index (χ4v) is 5.42. The number of nitrogens with zero attached hydrogens (tertiary/aromatic N) is 2. The van der Waals surface area contributed by atoms with Crippen molar-refractivity contribution in [1.82, 2.24) is 15.1 Å². The van der Waals surface area contributed by atoms with Gasteiger partial charge < -0.3 is 14.5 Å². The summed E-state index contributed by atoms with van der Waals surface area (Å²) in [4.78, 5) is 29.6. The Morgan fingerprint density at radius 1 is 1.03 bits per heavy atom. The zero-order chi connectivity index (χ0) is 24.4. The van der Waals surface area contributed by atoms with Crippen LogP contribution in [0.25, 0.3) is 11.3 Å². The quantitative estimate of drug-likeness (QED) is 0.517. The first-order valence-corrected chi connectivity index (χ1v) is 12.1. The fourth-order valence-electron chi connectivity index (χ4n) is 5.42. The molecule has 1 unspecified atom stereocenters. The molecule has 2 aromatic carbocycles. The molecule has 182 valence electrons. The van der Waals surface area contributed by atoms with Crippen molar-refractivity contribution in [2.45, 2.75) is 31.3 Å². The highest BCUT2D eigenvalue weighted by molar-refractivity contribution is 6.07. The SMILES string of the molecule is COc1cccc(CC2(C3CCN(Cc4ccc(-c5ccco5)cc4)CC3)NC(=O)N(C)C2=O)c1. The molecule has 0 aliphatic carbocycles. The Kier molecular flexibility index (Phi) is 6.34. The summed E-state index contributed by atoms with van der Waals surface area (Å²) in [6, 6.07) is 19.7. The van der Waals surface area contributed by atoms with Gasteiger partial charge in [-0.2, -0.15) is 0 Å². The Balaban J connectivity index is 1.28. The third kappa shape index (κ3) is 4.56. The Morgan fingerprint density at radius 2 is 1.80 bits per heavy atom. The minimum Gasteiger partial charge on any atom is -0.497 e. The zero-order valence-electron chi connectivity index (χ0n) is 20.2. The highest BCUT2D eigenvalue weighted by Crippen LogP contribution is 2.37. The number of hydrogen-bond acceptors (Lipinski definition) is 5. The molecule has 0 saturated carbocycles. The Morgan fingerprint density at radius 3 is 2.43 bits per heavy atom. The third-order valence-corrected chi connectivity index (χ3v) is 7.39. The average molecular weight is 474 g/mol. The maximum atomic E-state index is 13.4. The summed E-state index contributed by atoms with van der Waals surface area (Å²) in [5.41, 5.74) is 2.37. The van der Waals surface area contributed by atoms with Crippen molar-refractivity contribution in [1.29, 1.82) is 0 Å². The summed E-state index contributed by atoms with van der Waals surface area (Å²) in [7, 11) is 3.19. The maximum absolute atomic E-state index is 13.4. The van der Waals surface area contributed by atoms with Gasteiger partial charge in [0.15, 0.2) is 0 Å². The molecule has 0 bridgehead atoms. The van der Waals surface area contributed by atoms with Gasteiger partial charge in [-0.3, -0.25) is 14.6 Å². The first kappa shape index (κ1) is 23.2. The molecule has 0 spiro atoms. The van der Waals surface area contributed by atoms with Gasteiger partial charge in [-0.1, -0.05) is 36.4 Å². The lowest BCUT2D eigenvalue weighted by molar-refractivity contribution is -0.133. The summed E-state index contributed by atoms with van der Waals surface area (Å²) in [5, 5.41) is 3.08. The number of furan rings is 1. The number of methoxy groups -OCH3 is 1. The molecule has 2 saturated heterocycles. The fraction of sp³-hybridized carbons (Fsp3) is 0.357. The molecule has 0 radical (unpaired) electrons. The van der Waals surface area contributed by atoms with Gasteiger partial charge in [-0.15, -0.1) is 0 Å². The molecule has 7 nitrogen and oxygen atoms in total. The normalized spacial score (nSPS) is 21.4. The summed E-state index contributed by atoms with van der Waals surface area (Å²) in [5.74, 6) is 1.53. The van der Waals surface area contributed by atoms with Crippen LogP contribution in [0.1, 0.15) is 24.0 Å². The van der Waals surface area contributed by atoms with Crippen LogP contribution in [0, 0.1) is 5.92 Å². The van der Waals surface area contributed by atoms with E-state index >= 15 is 0 Å². The number of imide groups is 1. The van der Waals surface area contributed by atoms with Crippen LogP contribution in [0.15, 0.2) is 71.3 Å². The number of amides is 3. The van der Waals surface area contributed by atoms with E-state index in [2.05, 4.69) is 34.5 Å². The second-order valence-electron chi connectivity index (χ2n) is 9.52. The van der Waals surface area contributed by atoms with E-state index in [1.807, 2.05) is 36.4 Å². The number of urea groups is 1. The first-order valence-electron chi connectivity index (χ1n) is 12.1. The maximum Gasteiger partial charge on any atom is 0.324 e. The van der Waals surface area contributed by atoms with Crippen LogP contribution in [0.5, 0.6) is 5.75 Å². The van der Waals surface area contributed by atoms with Crippen LogP contribution >= 0.6 is 0 Å². The second-order valence-corrected chi connectivity index (χ2v) is 9.52. The van der Waals surface area contributed by atoms with Crippen molar-refractivity contribution >= 4 is 11.9 Å². The van der Waals surface area contributed by atoms with Crippen LogP contribution in [-0.2, 0) is 17.8 Å². The molecule has 35 heavy (non-hydrogen) atoms. The Hall–Kier alpha value is -3.58. The predicted octanol–water partition coefficient (Wildman–Crippen LogP) is 4.33. The molecule has 3 heterocycles. The molecular weight excluding hydrogens is 442 g/mol. The number of benzene rings is 2. The largest absolute Gasteiger partial charge is 0.497 e. The smallest absolute Gasteiger partial charge is 0.324 e. The molecule has 1 aromatic heterocycles. The monoisotopic (exact) mass is 473 g/mol. The minimum atomic E-state index is -0.922. The van der Waals surface area contributed by atoms with E-state index in [-0.39, 0.29) is 17.9 Å². The highest BCUT2D eigenvalue weighted by atomic mass is 16.5.